The van der Waals surface area contributed by atoms with Crippen LogP contribution in [0.3, 0.4) is 0 Å². The molecule has 5 atom stereocenters. The van der Waals surface area contributed by atoms with Crippen molar-refractivity contribution in [3.8, 4) is 17.4 Å². The van der Waals surface area contributed by atoms with E-state index in [1.807, 2.05) is 26.8 Å². The average molecular weight is 754 g/mol. The lowest BCUT2D eigenvalue weighted by atomic mass is 9.85. The van der Waals surface area contributed by atoms with Crippen molar-refractivity contribution in [1.29, 1.82) is 0 Å². The molecule has 1 aliphatic heterocycles. The van der Waals surface area contributed by atoms with Crippen LogP contribution in [0.1, 0.15) is 46.5 Å². The van der Waals surface area contributed by atoms with E-state index in [1.54, 1.807) is 43.5 Å². The number of anilines is 1. The summed E-state index contributed by atoms with van der Waals surface area (Å²) in [6.07, 6.45) is 3.51. The van der Waals surface area contributed by atoms with Crippen LogP contribution >= 0.6 is 11.6 Å². The Morgan fingerprint density at radius 2 is 1.85 bits per heavy atom. The predicted octanol–water partition coefficient (Wildman–Crippen LogP) is 4.45. The van der Waals surface area contributed by atoms with Crippen LogP contribution in [0, 0.1) is 11.3 Å². The number of halogens is 1. The Labute approximate surface area is 308 Å². The number of fused-ring (bicyclic) bond motifs is 1. The Morgan fingerprint density at radius 1 is 1.10 bits per heavy atom. The van der Waals surface area contributed by atoms with Gasteiger partial charge in [-0.2, -0.15) is 0 Å². The molecule has 15 heteroatoms. The second kappa shape index (κ2) is 14.1. The number of ether oxygens (including phenoxy) is 3. The number of benzene rings is 2. The topological polar surface area (TPSA) is 165 Å². The summed E-state index contributed by atoms with van der Waals surface area (Å²) < 4.78 is 44.9. The van der Waals surface area contributed by atoms with E-state index in [1.165, 1.54) is 24.3 Å². The number of hydrogen-bond donors (Lipinski definition) is 3. The first kappa shape index (κ1) is 37.2. The molecule has 0 bridgehead atoms. The highest BCUT2D eigenvalue weighted by atomic mass is 35.5. The Bertz CT molecular complexity index is 2020. The van der Waals surface area contributed by atoms with Gasteiger partial charge in [0.2, 0.25) is 27.7 Å². The third-order valence-electron chi connectivity index (χ3n) is 9.87. The molecule has 2 saturated carbocycles. The Kier molecular flexibility index (Phi) is 10.1. The minimum absolute atomic E-state index is 0.0131. The maximum absolute atomic E-state index is 14.7. The Morgan fingerprint density at radius 3 is 2.48 bits per heavy atom. The number of methoxy groups -OCH3 is 2. The molecule has 0 radical (unpaired) electrons. The zero-order valence-corrected chi connectivity index (χ0v) is 31.3. The van der Waals surface area contributed by atoms with Gasteiger partial charge >= 0.3 is 0 Å². The number of carbonyl (C=O) groups excluding carboxylic acids is 3. The van der Waals surface area contributed by atoms with Crippen molar-refractivity contribution in [3.05, 3.63) is 66.3 Å². The van der Waals surface area contributed by atoms with Gasteiger partial charge in [0.1, 0.15) is 35.2 Å². The van der Waals surface area contributed by atoms with Gasteiger partial charge in [0.05, 0.1) is 32.2 Å². The first-order chi connectivity index (χ1) is 24.6. The monoisotopic (exact) mass is 753 g/mol. The molecule has 2 aromatic carbocycles. The zero-order chi connectivity index (χ0) is 37.6. The second-order valence-corrected chi connectivity index (χ2v) is 17.1. The van der Waals surface area contributed by atoms with E-state index in [0.29, 0.717) is 45.8 Å². The normalized spacial score (nSPS) is 23.3. The molecule has 3 aliphatic rings. The van der Waals surface area contributed by atoms with Crippen molar-refractivity contribution < 1.29 is 37.0 Å². The van der Waals surface area contributed by atoms with Gasteiger partial charge in [-0.25, -0.2) is 13.4 Å². The number of carbonyl (C=O) groups is 3. The number of likely N-dealkylation sites (tertiary alicyclic amines) is 1. The van der Waals surface area contributed by atoms with Crippen LogP contribution in [-0.2, 0) is 24.4 Å². The number of sulfonamides is 1. The lowest BCUT2D eigenvalue weighted by Crippen LogP contribution is -2.58. The van der Waals surface area contributed by atoms with Gasteiger partial charge in [0.25, 0.3) is 5.91 Å². The van der Waals surface area contributed by atoms with E-state index in [-0.39, 0.29) is 31.2 Å². The fourth-order valence-corrected chi connectivity index (χ4v) is 8.20. The highest BCUT2D eigenvalue weighted by Crippen LogP contribution is 2.46. The summed E-state index contributed by atoms with van der Waals surface area (Å²) >= 11 is 6.35. The highest BCUT2D eigenvalue weighted by molar-refractivity contribution is 7.91. The summed E-state index contributed by atoms with van der Waals surface area (Å²) in [5.74, 6) is -0.946. The maximum Gasteiger partial charge on any atom is 0.259 e. The van der Waals surface area contributed by atoms with Crippen LogP contribution in [0.2, 0.25) is 5.02 Å². The van der Waals surface area contributed by atoms with E-state index < -0.39 is 62.1 Å². The molecule has 3 amide bonds. The predicted molar refractivity (Wildman–Crippen MR) is 197 cm³/mol. The van der Waals surface area contributed by atoms with Crippen LogP contribution in [0.15, 0.2) is 61.3 Å². The molecule has 278 valence electrons. The molecule has 6 rings (SSSR count). The third-order valence-corrected chi connectivity index (χ3v) is 11.9. The van der Waals surface area contributed by atoms with Crippen molar-refractivity contribution in [1.82, 2.24) is 19.9 Å². The van der Waals surface area contributed by atoms with Gasteiger partial charge in [0.15, 0.2) is 0 Å². The average Bonchev–Trinajstić information content (AvgIpc) is 4.03. The molecular weight excluding hydrogens is 710 g/mol. The van der Waals surface area contributed by atoms with Crippen molar-refractivity contribution in [2.24, 2.45) is 11.3 Å². The summed E-state index contributed by atoms with van der Waals surface area (Å²) in [5, 5.41) is 7.31. The van der Waals surface area contributed by atoms with E-state index in [9.17, 15) is 22.8 Å². The van der Waals surface area contributed by atoms with E-state index in [4.69, 9.17) is 25.8 Å². The molecular formula is C37H44ClN5O8S. The molecule has 1 aromatic heterocycles. The smallest absolute Gasteiger partial charge is 0.259 e. The number of aromatic nitrogens is 1. The second-order valence-electron chi connectivity index (χ2n) is 14.7. The quantitative estimate of drug-likeness (QED) is 0.213. The molecule has 0 unspecified atom stereocenters. The zero-order valence-electron chi connectivity index (χ0n) is 29.8. The maximum atomic E-state index is 14.7. The van der Waals surface area contributed by atoms with E-state index in [0.717, 1.165) is 0 Å². The Balaban J connectivity index is 1.32. The summed E-state index contributed by atoms with van der Waals surface area (Å²) in [6, 6.07) is 10.5. The number of nitrogens with one attached hydrogen (secondary N) is 3. The molecule has 3 N–H and O–H groups in total. The van der Waals surface area contributed by atoms with E-state index in [2.05, 4.69) is 26.9 Å². The standard InChI is InChI=1S/C37H44ClN5O8S/c1-7-21-18-37(21,35(46)42-52(47,48)26-12-13-26)41-32(44)29-17-25(51-33-28-15-22(38)11-14-27(28)30(50-6)19-39-33)20-43(29)34(45)31(36(2,3)4)40-23-9-8-10-24(16-23)49-5/h7-11,14-16,19,21,25-26,29,31,40H,1,12-13,17-18,20H2,2-6H3,(H,41,44)(H,42,46)/t21-,25-,29+,31-,37-/m1/s1. The lowest BCUT2D eigenvalue weighted by molar-refractivity contribution is -0.141. The number of rotatable bonds is 13. The van der Waals surface area contributed by atoms with Crippen molar-refractivity contribution in [2.75, 3.05) is 26.1 Å². The summed E-state index contributed by atoms with van der Waals surface area (Å²) in [7, 11) is -0.796. The minimum Gasteiger partial charge on any atom is -0.497 e. The van der Waals surface area contributed by atoms with Gasteiger partial charge in [0, 0.05) is 39.9 Å². The van der Waals surface area contributed by atoms with Gasteiger partial charge in [-0.1, -0.05) is 44.5 Å². The van der Waals surface area contributed by atoms with Crippen LogP contribution < -0.4 is 29.6 Å². The number of amides is 3. The van der Waals surface area contributed by atoms with Crippen LogP contribution in [0.5, 0.6) is 17.4 Å². The SMILES string of the molecule is C=C[C@@H]1C[C@]1(NC(=O)[C@@H]1C[C@@H](Oc2ncc(OC)c3ccc(Cl)cc23)CN1C(=O)[C@@H](Nc1cccc(OC)c1)C(C)(C)C)C(=O)NS(=O)(=O)C1CC1. The number of hydrogen-bond acceptors (Lipinski definition) is 10. The van der Waals surface area contributed by atoms with Crippen LogP contribution in [0.4, 0.5) is 5.69 Å². The third kappa shape index (κ3) is 7.49. The van der Waals surface area contributed by atoms with Crippen molar-refractivity contribution in [3.63, 3.8) is 0 Å². The highest BCUT2D eigenvalue weighted by Gasteiger charge is 2.62. The summed E-state index contributed by atoms with van der Waals surface area (Å²) in [5.41, 5.74) is -1.51. The molecule has 0 spiro atoms. The molecule has 2 aliphatic carbocycles. The van der Waals surface area contributed by atoms with Gasteiger partial charge in [-0.05, 0) is 55.0 Å². The van der Waals surface area contributed by atoms with Gasteiger partial charge < -0.3 is 29.7 Å². The molecule has 2 heterocycles. The Hall–Kier alpha value is -4.56. The fourth-order valence-electron chi connectivity index (χ4n) is 6.67. The molecule has 52 heavy (non-hydrogen) atoms. The van der Waals surface area contributed by atoms with Crippen LogP contribution in [-0.4, -0.2) is 85.8 Å². The largest absolute Gasteiger partial charge is 0.497 e. The fraction of sp³-hybridized carbons (Fsp3) is 0.459. The molecule has 3 fully saturated rings. The van der Waals surface area contributed by atoms with Crippen molar-refractivity contribution in [2.45, 2.75) is 75.4 Å². The molecule has 13 nitrogen and oxygen atoms in total. The number of nitrogens with zero attached hydrogens (tertiary/aromatic N) is 2. The minimum atomic E-state index is -3.88. The van der Waals surface area contributed by atoms with Crippen molar-refractivity contribution >= 4 is 55.8 Å². The van der Waals surface area contributed by atoms with Gasteiger partial charge in [-0.3, -0.25) is 19.1 Å². The number of pyridine rings is 1. The van der Waals surface area contributed by atoms with Crippen LogP contribution in [0.25, 0.3) is 10.8 Å². The summed E-state index contributed by atoms with van der Waals surface area (Å²) in [4.78, 5) is 48.5. The van der Waals surface area contributed by atoms with Gasteiger partial charge in [-0.15, -0.1) is 6.58 Å². The molecule has 3 aromatic rings. The first-order valence-electron chi connectivity index (χ1n) is 17.1. The molecule has 1 saturated heterocycles. The summed E-state index contributed by atoms with van der Waals surface area (Å²) in [6.45, 7) is 9.54. The lowest BCUT2D eigenvalue weighted by Gasteiger charge is -2.36. The first-order valence-corrected chi connectivity index (χ1v) is 19.0. The van der Waals surface area contributed by atoms with E-state index >= 15 is 0 Å².